The molecule has 0 aromatic heterocycles. The summed E-state index contributed by atoms with van der Waals surface area (Å²) in [5, 5.41) is 19.8. The molecule has 1 unspecified atom stereocenters. The Labute approximate surface area is 99.8 Å². The number of nitrogens with two attached hydrogens (primary N) is 1. The Hall–Kier alpha value is -1.82. The molecule has 6 nitrogen and oxygen atoms in total. The zero-order chi connectivity index (χ0) is 13.0. The first-order valence-corrected chi connectivity index (χ1v) is 5.35. The van der Waals surface area contributed by atoms with Crippen LogP contribution in [0.4, 0.5) is 17.1 Å². The van der Waals surface area contributed by atoms with Crippen LogP contribution in [0.2, 0.25) is 0 Å². The summed E-state index contributed by atoms with van der Waals surface area (Å²) in [5.74, 6) is 0. The van der Waals surface area contributed by atoms with E-state index in [0.717, 1.165) is 5.69 Å². The lowest BCUT2D eigenvalue weighted by Gasteiger charge is -2.20. The van der Waals surface area contributed by atoms with Crippen molar-refractivity contribution in [1.82, 2.24) is 0 Å². The van der Waals surface area contributed by atoms with E-state index in [1.165, 1.54) is 6.07 Å². The van der Waals surface area contributed by atoms with E-state index in [4.69, 9.17) is 5.73 Å². The van der Waals surface area contributed by atoms with E-state index in [2.05, 4.69) is 0 Å². The zero-order valence-electron chi connectivity index (χ0n) is 9.96. The summed E-state index contributed by atoms with van der Waals surface area (Å²) in [6, 6.07) is 4.61. The number of aliphatic hydroxyl groups excluding tert-OH is 1. The van der Waals surface area contributed by atoms with Crippen LogP contribution in [0.25, 0.3) is 0 Å². The molecule has 1 rings (SSSR count). The van der Waals surface area contributed by atoms with E-state index in [9.17, 15) is 15.2 Å². The van der Waals surface area contributed by atoms with Gasteiger partial charge in [0.05, 0.1) is 11.0 Å². The number of rotatable bonds is 5. The first kappa shape index (κ1) is 13.2. The van der Waals surface area contributed by atoms with Gasteiger partial charge in [-0.2, -0.15) is 0 Å². The third-order valence-electron chi connectivity index (χ3n) is 2.53. The van der Waals surface area contributed by atoms with Gasteiger partial charge in [0, 0.05) is 25.3 Å². The smallest absolute Gasteiger partial charge is 0.292 e. The number of nitrogens with zero attached hydrogens (tertiary/aromatic N) is 2. The largest absolute Gasteiger partial charge is 0.393 e. The molecule has 1 aromatic rings. The maximum Gasteiger partial charge on any atom is 0.292 e. The lowest BCUT2D eigenvalue weighted by atomic mass is 10.2. The Morgan fingerprint density at radius 1 is 1.59 bits per heavy atom. The molecule has 1 aromatic carbocycles. The summed E-state index contributed by atoms with van der Waals surface area (Å²) in [5.41, 5.74) is 6.46. The molecule has 0 saturated carbocycles. The molecule has 0 aliphatic heterocycles. The van der Waals surface area contributed by atoms with Gasteiger partial charge in [-0.15, -0.1) is 0 Å². The molecular weight excluding hydrogens is 222 g/mol. The Balaban J connectivity index is 2.79. The van der Waals surface area contributed by atoms with Crippen LogP contribution < -0.4 is 10.6 Å². The third-order valence-corrected chi connectivity index (χ3v) is 2.53. The molecule has 94 valence electrons. The quantitative estimate of drug-likeness (QED) is 0.460. The normalized spacial score (nSPS) is 12.2. The highest BCUT2D eigenvalue weighted by Crippen LogP contribution is 2.26. The Morgan fingerprint density at radius 2 is 2.24 bits per heavy atom. The van der Waals surface area contributed by atoms with E-state index in [1.807, 2.05) is 11.9 Å². The van der Waals surface area contributed by atoms with Gasteiger partial charge in [-0.3, -0.25) is 10.1 Å². The Kier molecular flexibility index (Phi) is 4.28. The van der Waals surface area contributed by atoms with Gasteiger partial charge in [-0.25, -0.2) is 0 Å². The second-order valence-corrected chi connectivity index (χ2v) is 4.06. The lowest BCUT2D eigenvalue weighted by Crippen LogP contribution is -2.21. The lowest BCUT2D eigenvalue weighted by molar-refractivity contribution is -0.383. The van der Waals surface area contributed by atoms with E-state index in [1.54, 1.807) is 19.1 Å². The Morgan fingerprint density at radius 3 is 2.71 bits per heavy atom. The summed E-state index contributed by atoms with van der Waals surface area (Å²) in [6.45, 7) is 2.38. The van der Waals surface area contributed by atoms with Crippen LogP contribution in [0.15, 0.2) is 18.2 Å². The molecule has 0 aliphatic carbocycles. The molecule has 0 spiro atoms. The van der Waals surface area contributed by atoms with E-state index < -0.39 is 4.92 Å². The highest BCUT2D eigenvalue weighted by molar-refractivity contribution is 5.66. The average Bonchev–Trinajstić information content (AvgIpc) is 2.25. The van der Waals surface area contributed by atoms with Gasteiger partial charge in [0.1, 0.15) is 5.69 Å². The van der Waals surface area contributed by atoms with Crippen LogP contribution in [-0.4, -0.2) is 29.7 Å². The fourth-order valence-electron chi connectivity index (χ4n) is 1.46. The molecule has 1 atom stereocenters. The molecule has 17 heavy (non-hydrogen) atoms. The molecule has 0 fully saturated rings. The number of nitro benzene ring substituents is 1. The molecule has 6 heteroatoms. The molecular formula is C11H17N3O3. The van der Waals surface area contributed by atoms with Crippen LogP contribution in [0.5, 0.6) is 0 Å². The van der Waals surface area contributed by atoms with Crippen LogP contribution in [0.3, 0.4) is 0 Å². The molecule has 0 heterocycles. The van der Waals surface area contributed by atoms with Gasteiger partial charge in [-0.1, -0.05) is 0 Å². The predicted molar refractivity (Wildman–Crippen MR) is 67.1 cm³/mol. The number of aliphatic hydroxyl groups is 1. The van der Waals surface area contributed by atoms with Gasteiger partial charge in [0.25, 0.3) is 5.69 Å². The highest BCUT2D eigenvalue weighted by Gasteiger charge is 2.12. The summed E-state index contributed by atoms with van der Waals surface area (Å²) in [4.78, 5) is 12.0. The van der Waals surface area contributed by atoms with Gasteiger partial charge >= 0.3 is 0 Å². The first-order valence-electron chi connectivity index (χ1n) is 5.35. The third kappa shape index (κ3) is 3.60. The first-order chi connectivity index (χ1) is 7.91. The molecule has 0 amide bonds. The number of nitro groups is 1. The van der Waals surface area contributed by atoms with Crippen molar-refractivity contribution in [3.63, 3.8) is 0 Å². The van der Waals surface area contributed by atoms with Crippen molar-refractivity contribution in [2.24, 2.45) is 0 Å². The average molecular weight is 239 g/mol. The predicted octanol–water partition coefficient (Wildman–Crippen LogP) is 1.38. The number of hydrogen-bond donors (Lipinski definition) is 2. The van der Waals surface area contributed by atoms with E-state index in [-0.39, 0.29) is 17.5 Å². The fraction of sp³-hybridized carbons (Fsp3) is 0.455. The second-order valence-electron chi connectivity index (χ2n) is 4.06. The maximum atomic E-state index is 10.6. The number of benzene rings is 1. The van der Waals surface area contributed by atoms with Crippen LogP contribution in [0, 0.1) is 10.1 Å². The van der Waals surface area contributed by atoms with Gasteiger partial charge in [0.15, 0.2) is 0 Å². The zero-order valence-corrected chi connectivity index (χ0v) is 9.96. The van der Waals surface area contributed by atoms with Crippen LogP contribution >= 0.6 is 0 Å². The van der Waals surface area contributed by atoms with Crippen molar-refractivity contribution in [3.05, 3.63) is 28.3 Å². The van der Waals surface area contributed by atoms with Crippen LogP contribution in [0.1, 0.15) is 13.3 Å². The van der Waals surface area contributed by atoms with E-state index in [0.29, 0.717) is 13.0 Å². The minimum Gasteiger partial charge on any atom is -0.393 e. The van der Waals surface area contributed by atoms with Crippen molar-refractivity contribution in [1.29, 1.82) is 0 Å². The standard InChI is InChI=1S/C11H17N3O3/c1-8(15)5-6-13(2)9-3-4-11(14(16)17)10(12)7-9/h3-4,7-8,15H,5-6,12H2,1-2H3. The second kappa shape index (κ2) is 5.49. The highest BCUT2D eigenvalue weighted by atomic mass is 16.6. The molecule has 0 bridgehead atoms. The van der Waals surface area contributed by atoms with Crippen molar-refractivity contribution in [2.45, 2.75) is 19.4 Å². The maximum absolute atomic E-state index is 10.6. The van der Waals surface area contributed by atoms with Gasteiger partial charge in [-0.05, 0) is 25.5 Å². The van der Waals surface area contributed by atoms with Crippen molar-refractivity contribution >= 4 is 17.1 Å². The minimum atomic E-state index is -0.505. The van der Waals surface area contributed by atoms with Crippen molar-refractivity contribution in [3.8, 4) is 0 Å². The Bertz CT molecular complexity index is 407. The summed E-state index contributed by atoms with van der Waals surface area (Å²) >= 11 is 0. The summed E-state index contributed by atoms with van der Waals surface area (Å²) < 4.78 is 0. The topological polar surface area (TPSA) is 92.6 Å². The van der Waals surface area contributed by atoms with Crippen molar-refractivity contribution in [2.75, 3.05) is 24.2 Å². The summed E-state index contributed by atoms with van der Waals surface area (Å²) in [7, 11) is 1.85. The van der Waals surface area contributed by atoms with Gasteiger partial charge in [0.2, 0.25) is 0 Å². The number of anilines is 2. The van der Waals surface area contributed by atoms with Crippen LogP contribution in [-0.2, 0) is 0 Å². The molecule has 0 saturated heterocycles. The number of nitrogen functional groups attached to an aromatic ring is 1. The van der Waals surface area contributed by atoms with Crippen molar-refractivity contribution < 1.29 is 10.0 Å². The van der Waals surface area contributed by atoms with Gasteiger partial charge < -0.3 is 15.7 Å². The fourth-order valence-corrected chi connectivity index (χ4v) is 1.46. The monoisotopic (exact) mass is 239 g/mol. The van der Waals surface area contributed by atoms with E-state index >= 15 is 0 Å². The molecule has 0 radical (unpaired) electrons. The molecule has 3 N–H and O–H groups in total. The summed E-state index contributed by atoms with van der Waals surface area (Å²) in [6.07, 6.45) is 0.265. The SMILES string of the molecule is CC(O)CCN(C)c1ccc([N+](=O)[O-])c(N)c1. The molecule has 0 aliphatic rings. The number of hydrogen-bond acceptors (Lipinski definition) is 5. The minimum absolute atomic E-state index is 0.0855.